The largest absolute Gasteiger partial charge is 0.468 e. The lowest BCUT2D eigenvalue weighted by molar-refractivity contribution is -0.195. The molecule has 0 bridgehead atoms. The van der Waals surface area contributed by atoms with Crippen molar-refractivity contribution in [3.05, 3.63) is 0 Å². The standard InChI is InChI=1S/C20H28O6/c1-19-8-7-11-17(10(19)3-5-15(19)23)14(22)9-12-13(21)4-6-16(24)20(11,12)18(25)26-2/h10-13,15,17,21,23H,3-9H2,1-2H3/t10-,11+,12-,13+,15+,17+,19+,20+/m1/s1. The Labute approximate surface area is 153 Å². The van der Waals surface area contributed by atoms with Crippen molar-refractivity contribution in [2.75, 3.05) is 7.11 Å². The van der Waals surface area contributed by atoms with Gasteiger partial charge in [0.1, 0.15) is 11.2 Å². The number of hydrogen-bond donors (Lipinski definition) is 2. The molecule has 0 radical (unpaired) electrons. The third-order valence-corrected chi connectivity index (χ3v) is 8.30. The Hall–Kier alpha value is -1.27. The van der Waals surface area contributed by atoms with E-state index in [2.05, 4.69) is 0 Å². The number of aliphatic hydroxyl groups excluding tert-OH is 2. The second-order valence-corrected chi connectivity index (χ2v) is 9.04. The maximum absolute atomic E-state index is 13.1. The van der Waals surface area contributed by atoms with Crippen LogP contribution < -0.4 is 0 Å². The molecule has 0 spiro atoms. The van der Waals surface area contributed by atoms with Gasteiger partial charge in [0.2, 0.25) is 0 Å². The number of hydrogen-bond acceptors (Lipinski definition) is 6. The van der Waals surface area contributed by atoms with Gasteiger partial charge in [0.05, 0.1) is 19.3 Å². The molecule has 144 valence electrons. The summed E-state index contributed by atoms with van der Waals surface area (Å²) < 4.78 is 5.08. The van der Waals surface area contributed by atoms with Gasteiger partial charge in [0, 0.05) is 24.7 Å². The second kappa shape index (κ2) is 5.86. The van der Waals surface area contributed by atoms with Gasteiger partial charge >= 0.3 is 5.97 Å². The van der Waals surface area contributed by atoms with E-state index in [0.29, 0.717) is 25.7 Å². The number of fused-ring (bicyclic) bond motifs is 5. The molecule has 0 aromatic carbocycles. The fraction of sp³-hybridized carbons (Fsp3) is 0.850. The Morgan fingerprint density at radius 3 is 2.50 bits per heavy atom. The van der Waals surface area contributed by atoms with Crippen molar-refractivity contribution >= 4 is 17.5 Å². The van der Waals surface area contributed by atoms with Gasteiger partial charge in [-0.15, -0.1) is 0 Å². The van der Waals surface area contributed by atoms with Crippen molar-refractivity contribution in [2.45, 2.75) is 64.1 Å². The summed E-state index contributed by atoms with van der Waals surface area (Å²) in [6.07, 6.45) is 1.83. The molecule has 0 aliphatic heterocycles. The average molecular weight is 364 g/mol. The highest BCUT2D eigenvalue weighted by molar-refractivity contribution is 6.07. The van der Waals surface area contributed by atoms with Crippen LogP contribution in [0.1, 0.15) is 51.9 Å². The minimum Gasteiger partial charge on any atom is -0.468 e. The topological polar surface area (TPSA) is 101 Å². The molecule has 4 fully saturated rings. The first-order chi connectivity index (χ1) is 12.3. The molecule has 2 N–H and O–H groups in total. The van der Waals surface area contributed by atoms with Crippen molar-refractivity contribution in [2.24, 2.45) is 34.5 Å². The normalized spacial score (nSPS) is 50.6. The van der Waals surface area contributed by atoms with Crippen LogP contribution in [0, 0.1) is 34.5 Å². The predicted octanol–water partition coefficient (Wildman–Crippen LogP) is 1.26. The molecule has 4 rings (SSSR count). The average Bonchev–Trinajstić information content (AvgIpc) is 2.92. The Morgan fingerprint density at radius 2 is 1.81 bits per heavy atom. The first-order valence-electron chi connectivity index (χ1n) is 9.79. The van der Waals surface area contributed by atoms with Gasteiger partial charge < -0.3 is 14.9 Å². The lowest BCUT2D eigenvalue weighted by Gasteiger charge is -2.58. The zero-order chi connectivity index (χ0) is 18.9. The summed E-state index contributed by atoms with van der Waals surface area (Å²) in [5, 5.41) is 21.1. The quantitative estimate of drug-likeness (QED) is 0.537. The molecule has 4 aliphatic carbocycles. The SMILES string of the molecule is COC(=O)[C@]12C(=O)CC[C@H](O)[C@H]1CC(=O)[C@H]1[C@H]3CC[C@H](O)[C@@]3(C)CC[C@@H]12. The second-order valence-electron chi connectivity index (χ2n) is 9.04. The van der Waals surface area contributed by atoms with Gasteiger partial charge in [-0.25, -0.2) is 0 Å². The molecule has 0 aromatic heterocycles. The van der Waals surface area contributed by atoms with Crippen LogP contribution in [-0.2, 0) is 19.1 Å². The van der Waals surface area contributed by atoms with Crippen molar-refractivity contribution < 1.29 is 29.3 Å². The zero-order valence-corrected chi connectivity index (χ0v) is 15.4. The van der Waals surface area contributed by atoms with E-state index in [9.17, 15) is 24.6 Å². The molecule has 0 heterocycles. The maximum Gasteiger partial charge on any atom is 0.320 e. The maximum atomic E-state index is 13.1. The molecule has 6 heteroatoms. The first-order valence-corrected chi connectivity index (χ1v) is 9.79. The van der Waals surface area contributed by atoms with E-state index in [-0.39, 0.29) is 35.7 Å². The third kappa shape index (κ3) is 2.03. The van der Waals surface area contributed by atoms with Crippen LogP contribution in [0.4, 0.5) is 0 Å². The van der Waals surface area contributed by atoms with E-state index in [1.54, 1.807) is 0 Å². The number of aliphatic hydroxyl groups is 2. The number of esters is 1. The Bertz CT molecular complexity index is 649. The summed E-state index contributed by atoms with van der Waals surface area (Å²) in [7, 11) is 1.28. The number of Topliss-reactive ketones (excluding diaryl/α,β-unsaturated/α-hetero) is 2. The Kier molecular flexibility index (Phi) is 4.08. The third-order valence-electron chi connectivity index (χ3n) is 8.30. The van der Waals surface area contributed by atoms with Gasteiger partial charge in [0.25, 0.3) is 0 Å². The molecule has 6 nitrogen and oxygen atoms in total. The number of carbonyl (C=O) groups is 3. The van der Waals surface area contributed by atoms with Crippen molar-refractivity contribution in [1.82, 2.24) is 0 Å². The number of ether oxygens (including phenoxy) is 1. The van der Waals surface area contributed by atoms with Crippen molar-refractivity contribution in [1.29, 1.82) is 0 Å². The summed E-state index contributed by atoms with van der Waals surface area (Å²) in [5.41, 5.74) is -1.74. The summed E-state index contributed by atoms with van der Waals surface area (Å²) >= 11 is 0. The molecule has 0 aromatic rings. The number of ketones is 2. The fourth-order valence-corrected chi connectivity index (χ4v) is 6.99. The van der Waals surface area contributed by atoms with Crippen molar-refractivity contribution in [3.63, 3.8) is 0 Å². The smallest absolute Gasteiger partial charge is 0.320 e. The molecule has 8 atom stereocenters. The van der Waals surface area contributed by atoms with Crippen LogP contribution in [0.5, 0.6) is 0 Å². The van der Waals surface area contributed by atoms with Crippen molar-refractivity contribution in [3.8, 4) is 0 Å². The molecular weight excluding hydrogens is 336 g/mol. The van der Waals surface area contributed by atoms with Crippen LogP contribution in [0.15, 0.2) is 0 Å². The molecule has 0 unspecified atom stereocenters. The summed E-state index contributed by atoms with van der Waals surface area (Å²) in [6, 6.07) is 0. The van der Waals surface area contributed by atoms with Crippen LogP contribution >= 0.6 is 0 Å². The van der Waals surface area contributed by atoms with Crippen LogP contribution in [0.3, 0.4) is 0 Å². The lowest BCUT2D eigenvalue weighted by Crippen LogP contribution is -2.66. The van der Waals surface area contributed by atoms with Crippen LogP contribution in [0.2, 0.25) is 0 Å². The van der Waals surface area contributed by atoms with E-state index in [1.165, 1.54) is 7.11 Å². The molecule has 0 saturated heterocycles. The van der Waals surface area contributed by atoms with Gasteiger partial charge in [-0.05, 0) is 49.4 Å². The number of methoxy groups -OCH3 is 1. The number of carbonyl (C=O) groups excluding carboxylic acids is 3. The van der Waals surface area contributed by atoms with E-state index in [4.69, 9.17) is 4.74 Å². The van der Waals surface area contributed by atoms with Gasteiger partial charge in [-0.2, -0.15) is 0 Å². The monoisotopic (exact) mass is 364 g/mol. The van der Waals surface area contributed by atoms with Crippen LogP contribution in [-0.4, -0.2) is 47.1 Å². The summed E-state index contributed by atoms with van der Waals surface area (Å²) in [4.78, 5) is 39.2. The van der Waals surface area contributed by atoms with Crippen LogP contribution in [0.25, 0.3) is 0 Å². The van der Waals surface area contributed by atoms with Gasteiger partial charge in [-0.1, -0.05) is 6.92 Å². The molecule has 4 saturated carbocycles. The minimum absolute atomic E-state index is 0.0156. The lowest BCUT2D eigenvalue weighted by atomic mass is 9.43. The molecule has 26 heavy (non-hydrogen) atoms. The Balaban J connectivity index is 1.84. The van der Waals surface area contributed by atoms with E-state index in [0.717, 1.165) is 6.42 Å². The first kappa shape index (κ1) is 18.1. The summed E-state index contributed by atoms with van der Waals surface area (Å²) in [5.74, 6) is -2.25. The number of rotatable bonds is 1. The highest BCUT2D eigenvalue weighted by atomic mass is 16.5. The highest BCUT2D eigenvalue weighted by Crippen LogP contribution is 2.65. The van der Waals surface area contributed by atoms with E-state index >= 15 is 0 Å². The fourth-order valence-electron chi connectivity index (χ4n) is 6.99. The molecular formula is C20H28O6. The zero-order valence-electron chi connectivity index (χ0n) is 15.4. The van der Waals surface area contributed by atoms with Gasteiger partial charge in [0.15, 0.2) is 5.78 Å². The Morgan fingerprint density at radius 1 is 1.08 bits per heavy atom. The highest BCUT2D eigenvalue weighted by Gasteiger charge is 2.70. The summed E-state index contributed by atoms with van der Waals surface area (Å²) in [6.45, 7) is 2.03. The molecule has 4 aliphatic rings. The van der Waals surface area contributed by atoms with E-state index in [1.807, 2.05) is 6.92 Å². The predicted molar refractivity (Wildman–Crippen MR) is 90.9 cm³/mol. The molecule has 0 amide bonds. The van der Waals surface area contributed by atoms with Gasteiger partial charge in [-0.3, -0.25) is 14.4 Å². The van der Waals surface area contributed by atoms with E-state index < -0.39 is 41.3 Å². The minimum atomic E-state index is -1.40.